The zero-order valence-corrected chi connectivity index (χ0v) is 19.2. The Labute approximate surface area is 195 Å². The van der Waals surface area contributed by atoms with Crippen molar-refractivity contribution in [2.24, 2.45) is 0 Å². The fraction of sp³-hybridized carbons (Fsp3) is 0.238. The van der Waals surface area contributed by atoms with E-state index in [4.69, 9.17) is 23.8 Å². The second-order valence-electron chi connectivity index (χ2n) is 7.20. The maximum atomic E-state index is 14.0. The molecule has 4 rings (SSSR count). The molecule has 0 aliphatic heterocycles. The molecule has 0 bridgehead atoms. The monoisotopic (exact) mass is 472 g/mol. The van der Waals surface area contributed by atoms with E-state index in [9.17, 15) is 4.39 Å². The lowest BCUT2D eigenvalue weighted by atomic mass is 10.2. The van der Waals surface area contributed by atoms with E-state index in [2.05, 4.69) is 32.9 Å². The zero-order chi connectivity index (χ0) is 22.7. The first-order valence-electron chi connectivity index (χ1n) is 10.00. The molecule has 8 nitrogen and oxygen atoms in total. The van der Waals surface area contributed by atoms with Crippen molar-refractivity contribution in [3.63, 3.8) is 0 Å². The average Bonchev–Trinajstić information content (AvgIpc) is 3.47. The second-order valence-corrected chi connectivity index (χ2v) is 8.02. The van der Waals surface area contributed by atoms with Gasteiger partial charge in [-0.25, -0.2) is 4.39 Å². The minimum atomic E-state index is -0.367. The van der Waals surface area contributed by atoms with Gasteiger partial charge in [-0.1, -0.05) is 17.7 Å². The maximum absolute atomic E-state index is 14.0. The van der Waals surface area contributed by atoms with Crippen molar-refractivity contribution in [3.8, 4) is 0 Å². The van der Waals surface area contributed by atoms with Gasteiger partial charge in [0.2, 0.25) is 0 Å². The predicted molar refractivity (Wildman–Crippen MR) is 127 cm³/mol. The highest BCUT2D eigenvalue weighted by Gasteiger charge is 2.10. The predicted octanol–water partition coefficient (Wildman–Crippen LogP) is 4.30. The van der Waals surface area contributed by atoms with Crippen LogP contribution in [0, 0.1) is 12.7 Å². The summed E-state index contributed by atoms with van der Waals surface area (Å²) >= 11 is 11.5. The summed E-state index contributed by atoms with van der Waals surface area (Å²) < 4.78 is 19.4. The highest BCUT2D eigenvalue weighted by atomic mass is 35.5. The van der Waals surface area contributed by atoms with Gasteiger partial charge in [0, 0.05) is 40.8 Å². The molecule has 0 saturated carbocycles. The largest absolute Gasteiger partial charge is 0.330 e. The molecule has 0 aliphatic carbocycles. The fourth-order valence-electron chi connectivity index (χ4n) is 3.30. The number of nitrogens with one attached hydrogen (secondary N) is 2. The topological polar surface area (TPSA) is 77.5 Å². The van der Waals surface area contributed by atoms with Crippen LogP contribution < -0.4 is 10.6 Å². The number of benzene rings is 1. The molecule has 0 saturated heterocycles. The molecule has 4 aromatic rings. The van der Waals surface area contributed by atoms with Gasteiger partial charge in [-0.15, -0.1) is 0 Å². The molecule has 11 heteroatoms. The van der Waals surface area contributed by atoms with Crippen LogP contribution in [0.5, 0.6) is 0 Å². The van der Waals surface area contributed by atoms with E-state index in [-0.39, 0.29) is 12.4 Å². The number of nitrogens with zero attached hydrogens (tertiary/aromatic N) is 6. The lowest BCUT2D eigenvalue weighted by molar-refractivity contribution is 0.585. The van der Waals surface area contributed by atoms with Gasteiger partial charge in [0.1, 0.15) is 5.82 Å². The number of halogens is 2. The molecule has 3 aromatic heterocycles. The fourth-order valence-corrected chi connectivity index (χ4v) is 3.76. The van der Waals surface area contributed by atoms with Crippen LogP contribution in [0.25, 0.3) is 0 Å². The lowest BCUT2D eigenvalue weighted by Gasteiger charge is -2.07. The smallest absolute Gasteiger partial charge is 0.175 e. The molecule has 0 spiro atoms. The summed E-state index contributed by atoms with van der Waals surface area (Å²) in [5.74, 6) is -0.367. The van der Waals surface area contributed by atoms with Gasteiger partial charge < -0.3 is 10.6 Å². The summed E-state index contributed by atoms with van der Waals surface area (Å²) in [6.07, 6.45) is 8.79. The summed E-state index contributed by atoms with van der Waals surface area (Å²) in [7, 11) is 0. The molecule has 2 N–H and O–H groups in total. The Balaban J connectivity index is 1.34. The van der Waals surface area contributed by atoms with Crippen LogP contribution >= 0.6 is 23.8 Å². The number of hydrogen-bond acceptors (Lipinski definition) is 4. The van der Waals surface area contributed by atoms with E-state index >= 15 is 0 Å². The van der Waals surface area contributed by atoms with Crippen molar-refractivity contribution >= 4 is 40.3 Å². The van der Waals surface area contributed by atoms with Crippen LogP contribution in [-0.4, -0.2) is 34.5 Å². The van der Waals surface area contributed by atoms with Crippen LogP contribution in [0.1, 0.15) is 23.7 Å². The molecule has 0 amide bonds. The first-order valence-corrected chi connectivity index (χ1v) is 10.8. The molecule has 1 aromatic carbocycles. The van der Waals surface area contributed by atoms with Crippen molar-refractivity contribution in [2.75, 3.05) is 10.6 Å². The standard InChI is InChI=1S/C21H22ClFN8S/c1-3-31-14(2)15(7-26-31)10-29-11-16(8-24-29)27-21(32)28-17-9-25-30(12-17)13-18-19(22)5-4-6-20(18)23/h4-9,11-12H,3,10,13H2,1-2H3,(H2,27,28,32). The summed E-state index contributed by atoms with van der Waals surface area (Å²) in [5.41, 5.74) is 4.06. The number of aryl methyl sites for hydroxylation is 1. The lowest BCUT2D eigenvalue weighted by Crippen LogP contribution is -2.18. The SMILES string of the molecule is CCn1ncc(Cn2cc(NC(=S)Nc3cnn(Cc4c(F)cccc4Cl)c3)cn2)c1C. The number of hydrogen-bond donors (Lipinski definition) is 2. The van der Waals surface area contributed by atoms with Gasteiger partial charge in [-0.05, 0) is 38.2 Å². The Hall–Kier alpha value is -3.24. The van der Waals surface area contributed by atoms with Gasteiger partial charge in [0.05, 0.1) is 43.1 Å². The van der Waals surface area contributed by atoms with Crippen LogP contribution in [0.4, 0.5) is 15.8 Å². The number of thiocarbonyl (C=S) groups is 1. The van der Waals surface area contributed by atoms with E-state index in [1.165, 1.54) is 6.07 Å². The summed E-state index contributed by atoms with van der Waals surface area (Å²) in [5, 5.41) is 19.9. The van der Waals surface area contributed by atoms with E-state index in [0.29, 0.717) is 27.9 Å². The third-order valence-electron chi connectivity index (χ3n) is 5.00. The van der Waals surface area contributed by atoms with E-state index in [1.807, 2.05) is 28.7 Å². The van der Waals surface area contributed by atoms with Crippen LogP contribution in [0.2, 0.25) is 5.02 Å². The third-order valence-corrected chi connectivity index (χ3v) is 5.56. The van der Waals surface area contributed by atoms with Crippen molar-refractivity contribution in [2.45, 2.75) is 33.5 Å². The Morgan fingerprint density at radius 1 is 1.03 bits per heavy atom. The van der Waals surface area contributed by atoms with E-state index < -0.39 is 0 Å². The summed E-state index contributed by atoms with van der Waals surface area (Å²) in [6.45, 7) is 5.79. The molecular formula is C21H22ClFN8S. The van der Waals surface area contributed by atoms with E-state index in [1.54, 1.807) is 35.4 Å². The van der Waals surface area contributed by atoms with Crippen LogP contribution in [0.15, 0.2) is 49.2 Å². The Morgan fingerprint density at radius 3 is 2.28 bits per heavy atom. The van der Waals surface area contributed by atoms with Gasteiger partial charge in [0.15, 0.2) is 5.11 Å². The number of aromatic nitrogens is 6. The quantitative estimate of drug-likeness (QED) is 0.390. The van der Waals surface area contributed by atoms with Gasteiger partial charge >= 0.3 is 0 Å². The minimum Gasteiger partial charge on any atom is -0.330 e. The highest BCUT2D eigenvalue weighted by molar-refractivity contribution is 7.80. The third kappa shape index (κ3) is 4.97. The molecule has 0 unspecified atom stereocenters. The zero-order valence-electron chi connectivity index (χ0n) is 17.6. The number of rotatable bonds is 7. The van der Waals surface area contributed by atoms with Crippen molar-refractivity contribution in [3.05, 3.63) is 76.8 Å². The molecule has 3 heterocycles. The Morgan fingerprint density at radius 2 is 1.69 bits per heavy atom. The van der Waals surface area contributed by atoms with Crippen molar-refractivity contribution < 1.29 is 4.39 Å². The molecule has 32 heavy (non-hydrogen) atoms. The van der Waals surface area contributed by atoms with Gasteiger partial charge in [-0.3, -0.25) is 14.0 Å². The maximum Gasteiger partial charge on any atom is 0.175 e. The molecule has 0 aliphatic rings. The van der Waals surface area contributed by atoms with Crippen LogP contribution in [-0.2, 0) is 19.6 Å². The van der Waals surface area contributed by atoms with Crippen molar-refractivity contribution in [1.82, 2.24) is 29.3 Å². The molecule has 0 atom stereocenters. The Kier molecular flexibility index (Phi) is 6.52. The normalized spacial score (nSPS) is 11.0. The summed E-state index contributed by atoms with van der Waals surface area (Å²) in [6, 6.07) is 4.60. The average molecular weight is 473 g/mol. The van der Waals surface area contributed by atoms with Crippen molar-refractivity contribution in [1.29, 1.82) is 0 Å². The molecular weight excluding hydrogens is 451 g/mol. The molecule has 166 valence electrons. The first kappa shape index (κ1) is 22.0. The van der Waals surface area contributed by atoms with Gasteiger partial charge in [0.25, 0.3) is 0 Å². The molecule has 0 radical (unpaired) electrons. The first-order chi connectivity index (χ1) is 15.4. The van der Waals surface area contributed by atoms with E-state index in [0.717, 1.165) is 23.5 Å². The van der Waals surface area contributed by atoms with Gasteiger partial charge in [-0.2, -0.15) is 15.3 Å². The summed E-state index contributed by atoms with van der Waals surface area (Å²) in [4.78, 5) is 0. The highest BCUT2D eigenvalue weighted by Crippen LogP contribution is 2.20. The molecule has 0 fully saturated rings. The minimum absolute atomic E-state index is 0.216. The number of anilines is 2. The van der Waals surface area contributed by atoms with Crippen LogP contribution in [0.3, 0.4) is 0 Å². The second kappa shape index (κ2) is 9.49. The Bertz CT molecular complexity index is 1220.